The van der Waals surface area contributed by atoms with E-state index >= 15 is 0 Å². The van der Waals surface area contributed by atoms with Crippen LogP contribution in [0.1, 0.15) is 33.6 Å². The minimum absolute atomic E-state index is 0.363. The first-order chi connectivity index (χ1) is 5.54. The lowest BCUT2D eigenvalue weighted by Gasteiger charge is -2.55. The van der Waals surface area contributed by atoms with E-state index in [0.717, 1.165) is 19.1 Å². The molecular formula is C10H20N2. The van der Waals surface area contributed by atoms with Crippen LogP contribution in [0.2, 0.25) is 0 Å². The Kier molecular flexibility index (Phi) is 1.74. The molecule has 0 aromatic rings. The van der Waals surface area contributed by atoms with E-state index < -0.39 is 0 Å². The van der Waals surface area contributed by atoms with Crippen LogP contribution in [-0.2, 0) is 0 Å². The van der Waals surface area contributed by atoms with Gasteiger partial charge in [-0.25, -0.2) is 0 Å². The molecule has 0 saturated carbocycles. The van der Waals surface area contributed by atoms with Gasteiger partial charge in [-0.15, -0.1) is 0 Å². The summed E-state index contributed by atoms with van der Waals surface area (Å²) in [4.78, 5) is 0. The zero-order valence-electron chi connectivity index (χ0n) is 8.41. The highest BCUT2D eigenvalue weighted by Crippen LogP contribution is 2.38. The van der Waals surface area contributed by atoms with Gasteiger partial charge in [0.25, 0.3) is 0 Å². The molecule has 0 aliphatic carbocycles. The topological polar surface area (TPSA) is 24.1 Å². The maximum Gasteiger partial charge on any atom is 0.0356 e. The number of fused-ring (bicyclic) bond motifs is 3. The van der Waals surface area contributed by atoms with Gasteiger partial charge in [0.2, 0.25) is 0 Å². The van der Waals surface area contributed by atoms with Crippen molar-refractivity contribution in [1.29, 1.82) is 0 Å². The van der Waals surface area contributed by atoms with Crippen LogP contribution in [0.4, 0.5) is 0 Å². The number of piperidine rings is 2. The highest BCUT2D eigenvalue weighted by molar-refractivity contribution is 5.08. The molecule has 2 N–H and O–H groups in total. The molecule has 3 aliphatic rings. The molecule has 0 aromatic carbocycles. The minimum Gasteiger partial charge on any atom is -0.311 e. The van der Waals surface area contributed by atoms with Crippen LogP contribution in [0.3, 0.4) is 0 Å². The molecule has 0 spiro atoms. The fraction of sp³-hybridized carbons (Fsp3) is 1.00. The molecular weight excluding hydrogens is 148 g/mol. The molecule has 2 unspecified atom stereocenters. The van der Waals surface area contributed by atoms with Crippen LogP contribution >= 0.6 is 0 Å². The van der Waals surface area contributed by atoms with Gasteiger partial charge in [0.1, 0.15) is 0 Å². The first-order valence-corrected chi connectivity index (χ1v) is 5.02. The molecule has 3 rings (SSSR count). The first-order valence-electron chi connectivity index (χ1n) is 5.02. The second-order valence-corrected chi connectivity index (χ2v) is 5.33. The normalized spacial score (nSPS) is 41.8. The Bertz CT molecular complexity index is 159. The lowest BCUT2D eigenvalue weighted by molar-refractivity contribution is 0.0473. The van der Waals surface area contributed by atoms with Gasteiger partial charge in [0.05, 0.1) is 0 Å². The third kappa shape index (κ3) is 1.09. The van der Waals surface area contributed by atoms with E-state index in [1.807, 2.05) is 0 Å². The van der Waals surface area contributed by atoms with Crippen molar-refractivity contribution in [2.24, 2.45) is 5.41 Å². The molecule has 70 valence electrons. The van der Waals surface area contributed by atoms with Gasteiger partial charge in [0.15, 0.2) is 0 Å². The van der Waals surface area contributed by atoms with Crippen molar-refractivity contribution in [3.05, 3.63) is 0 Å². The van der Waals surface area contributed by atoms with Gasteiger partial charge in [-0.05, 0) is 18.3 Å². The van der Waals surface area contributed by atoms with Crippen LogP contribution in [0.5, 0.6) is 0 Å². The maximum atomic E-state index is 3.71. The monoisotopic (exact) mass is 168 g/mol. The Balaban J connectivity index is 2.19. The Morgan fingerprint density at radius 1 is 1.33 bits per heavy atom. The van der Waals surface area contributed by atoms with Gasteiger partial charge < -0.3 is 10.6 Å². The van der Waals surface area contributed by atoms with Crippen LogP contribution in [0, 0.1) is 5.41 Å². The minimum atomic E-state index is 0.363. The average Bonchev–Trinajstić information content (AvgIpc) is 2.06. The van der Waals surface area contributed by atoms with Crippen LogP contribution < -0.4 is 10.6 Å². The fourth-order valence-corrected chi connectivity index (χ4v) is 2.48. The van der Waals surface area contributed by atoms with Crippen molar-refractivity contribution in [2.45, 2.75) is 45.2 Å². The van der Waals surface area contributed by atoms with Crippen LogP contribution in [-0.4, -0.2) is 24.7 Å². The standard InChI is InChI=1S/C10H20N2/c1-9(2,3)10-5-4-8(6-12-10)11-7-10/h8,11-12H,4-7H2,1-3H3. The van der Waals surface area contributed by atoms with Crippen LogP contribution in [0.25, 0.3) is 0 Å². The zero-order chi connectivity index (χ0) is 8.82. The second kappa shape index (κ2) is 2.46. The van der Waals surface area contributed by atoms with Crippen molar-refractivity contribution >= 4 is 0 Å². The van der Waals surface area contributed by atoms with E-state index in [1.165, 1.54) is 12.8 Å². The molecule has 2 nitrogen and oxygen atoms in total. The van der Waals surface area contributed by atoms with E-state index in [0.29, 0.717) is 11.0 Å². The van der Waals surface area contributed by atoms with Gasteiger partial charge in [-0.3, -0.25) is 0 Å². The van der Waals surface area contributed by atoms with E-state index in [1.54, 1.807) is 0 Å². The van der Waals surface area contributed by atoms with E-state index in [2.05, 4.69) is 31.4 Å². The maximum absolute atomic E-state index is 3.71. The number of hydrogen-bond donors (Lipinski definition) is 2. The summed E-state index contributed by atoms with van der Waals surface area (Å²) in [7, 11) is 0. The molecule has 3 aliphatic heterocycles. The molecule has 0 radical (unpaired) electrons. The number of rotatable bonds is 0. The highest BCUT2D eigenvalue weighted by atomic mass is 15.2. The lowest BCUT2D eigenvalue weighted by atomic mass is 9.66. The van der Waals surface area contributed by atoms with Gasteiger partial charge >= 0.3 is 0 Å². The predicted octanol–water partition coefficient (Wildman–Crippen LogP) is 1.13. The Labute approximate surface area is 75.1 Å². The smallest absolute Gasteiger partial charge is 0.0356 e. The SMILES string of the molecule is CC(C)(C)C12CCC(CN1)NC2. The summed E-state index contributed by atoms with van der Waals surface area (Å²) in [5, 5.41) is 7.31. The summed E-state index contributed by atoms with van der Waals surface area (Å²) in [6.45, 7) is 9.34. The Hall–Kier alpha value is -0.0800. The predicted molar refractivity (Wildman–Crippen MR) is 51.2 cm³/mol. The van der Waals surface area contributed by atoms with E-state index in [-0.39, 0.29) is 0 Å². The Morgan fingerprint density at radius 2 is 2.08 bits per heavy atom. The van der Waals surface area contributed by atoms with Crippen molar-refractivity contribution in [3.8, 4) is 0 Å². The molecule has 0 aromatic heterocycles. The lowest BCUT2D eigenvalue weighted by Crippen LogP contribution is -2.72. The summed E-state index contributed by atoms with van der Waals surface area (Å²) in [5.74, 6) is 0. The molecule has 2 heteroatoms. The summed E-state index contributed by atoms with van der Waals surface area (Å²) in [5.41, 5.74) is 0.743. The molecule has 0 amide bonds. The molecule has 2 bridgehead atoms. The number of piperazine rings is 1. The summed E-state index contributed by atoms with van der Waals surface area (Å²) < 4.78 is 0. The van der Waals surface area contributed by atoms with Crippen molar-refractivity contribution < 1.29 is 0 Å². The zero-order valence-corrected chi connectivity index (χ0v) is 8.41. The highest BCUT2D eigenvalue weighted by Gasteiger charge is 2.47. The summed E-state index contributed by atoms with van der Waals surface area (Å²) in [6, 6.07) is 0.745. The largest absolute Gasteiger partial charge is 0.311 e. The molecule has 3 fully saturated rings. The fourth-order valence-electron chi connectivity index (χ4n) is 2.48. The summed E-state index contributed by atoms with van der Waals surface area (Å²) in [6.07, 6.45) is 2.69. The van der Waals surface area contributed by atoms with E-state index in [9.17, 15) is 0 Å². The van der Waals surface area contributed by atoms with Gasteiger partial charge in [0, 0.05) is 24.7 Å². The molecule has 12 heavy (non-hydrogen) atoms. The first kappa shape index (κ1) is 8.52. The number of hydrogen-bond acceptors (Lipinski definition) is 2. The molecule has 3 saturated heterocycles. The van der Waals surface area contributed by atoms with Crippen LogP contribution in [0.15, 0.2) is 0 Å². The van der Waals surface area contributed by atoms with Crippen molar-refractivity contribution in [3.63, 3.8) is 0 Å². The third-order valence-electron chi connectivity index (χ3n) is 3.73. The van der Waals surface area contributed by atoms with Crippen molar-refractivity contribution in [1.82, 2.24) is 10.6 Å². The van der Waals surface area contributed by atoms with E-state index in [4.69, 9.17) is 0 Å². The molecule has 3 heterocycles. The molecule has 2 atom stereocenters. The van der Waals surface area contributed by atoms with Gasteiger partial charge in [-0.2, -0.15) is 0 Å². The second-order valence-electron chi connectivity index (χ2n) is 5.33. The number of nitrogens with one attached hydrogen (secondary N) is 2. The van der Waals surface area contributed by atoms with Crippen molar-refractivity contribution in [2.75, 3.05) is 13.1 Å². The third-order valence-corrected chi connectivity index (χ3v) is 3.73. The Morgan fingerprint density at radius 3 is 2.33 bits per heavy atom. The van der Waals surface area contributed by atoms with Gasteiger partial charge in [-0.1, -0.05) is 20.8 Å². The average molecular weight is 168 g/mol. The quantitative estimate of drug-likeness (QED) is 0.566. The summed E-state index contributed by atoms with van der Waals surface area (Å²) >= 11 is 0.